The number of nitrogens with one attached hydrogen (secondary N) is 1. The van der Waals surface area contributed by atoms with Crippen molar-refractivity contribution < 1.29 is 18.3 Å². The molecule has 0 aliphatic rings. The zero-order valence-electron chi connectivity index (χ0n) is 15.8. The molecule has 0 aromatic carbocycles. The highest BCUT2D eigenvalue weighted by Gasteiger charge is 2.15. The number of aromatic nitrogens is 4. The van der Waals surface area contributed by atoms with Crippen LogP contribution in [0.4, 0.5) is 8.78 Å². The van der Waals surface area contributed by atoms with E-state index in [0.717, 1.165) is 0 Å². The Morgan fingerprint density at radius 2 is 2.11 bits per heavy atom. The van der Waals surface area contributed by atoms with Gasteiger partial charge in [0.05, 0.1) is 29.3 Å². The van der Waals surface area contributed by atoms with E-state index in [-0.39, 0.29) is 11.9 Å². The lowest BCUT2D eigenvalue weighted by Gasteiger charge is -2.09. The van der Waals surface area contributed by atoms with E-state index >= 15 is 0 Å². The summed E-state index contributed by atoms with van der Waals surface area (Å²) in [5.41, 5.74) is 2.37. The first-order valence-corrected chi connectivity index (χ1v) is 8.83. The summed E-state index contributed by atoms with van der Waals surface area (Å²) in [5.74, 6) is 0.0705. The summed E-state index contributed by atoms with van der Waals surface area (Å²) >= 11 is 0. The number of fused-ring (bicyclic) bond motifs is 1. The molecule has 3 rings (SSSR count). The molecule has 1 amide bonds. The third-order valence-electron chi connectivity index (χ3n) is 3.92. The van der Waals surface area contributed by atoms with E-state index in [4.69, 9.17) is 4.74 Å². The van der Waals surface area contributed by atoms with Crippen molar-refractivity contribution in [1.29, 1.82) is 0 Å². The maximum atomic E-state index is 12.3. The first-order valence-electron chi connectivity index (χ1n) is 8.83. The van der Waals surface area contributed by atoms with E-state index in [1.165, 1.54) is 6.20 Å². The summed E-state index contributed by atoms with van der Waals surface area (Å²) in [6.07, 6.45) is 2.19. The largest absolute Gasteiger partial charge is 0.486 e. The van der Waals surface area contributed by atoms with Crippen LogP contribution in [-0.2, 0) is 6.54 Å². The van der Waals surface area contributed by atoms with Gasteiger partial charge in [0.2, 0.25) is 0 Å². The molecule has 0 unspecified atom stereocenters. The van der Waals surface area contributed by atoms with Crippen LogP contribution in [0, 0.1) is 6.92 Å². The van der Waals surface area contributed by atoms with Gasteiger partial charge in [-0.25, -0.2) is 8.78 Å². The van der Waals surface area contributed by atoms with Crippen molar-refractivity contribution in [2.45, 2.75) is 39.8 Å². The van der Waals surface area contributed by atoms with Crippen molar-refractivity contribution in [3.63, 3.8) is 0 Å². The van der Waals surface area contributed by atoms with Crippen LogP contribution in [0.25, 0.3) is 10.9 Å². The van der Waals surface area contributed by atoms with Crippen LogP contribution in [0.2, 0.25) is 0 Å². The summed E-state index contributed by atoms with van der Waals surface area (Å²) in [5, 5.41) is 7.94. The Kier molecular flexibility index (Phi) is 5.81. The highest BCUT2D eigenvalue weighted by Crippen LogP contribution is 2.20. The monoisotopic (exact) mass is 389 g/mol. The Hall–Kier alpha value is -3.10. The maximum Gasteiger partial charge on any atom is 0.272 e. The van der Waals surface area contributed by atoms with Crippen molar-refractivity contribution in [3.05, 3.63) is 47.7 Å². The molecule has 148 valence electrons. The number of hydrogen-bond acceptors (Lipinski definition) is 5. The highest BCUT2D eigenvalue weighted by molar-refractivity contribution is 6.04. The molecule has 0 aliphatic heterocycles. The number of halogens is 2. The molecule has 0 fully saturated rings. The lowest BCUT2D eigenvalue weighted by Crippen LogP contribution is -2.30. The van der Waals surface area contributed by atoms with Crippen LogP contribution in [0.5, 0.6) is 5.75 Å². The highest BCUT2D eigenvalue weighted by atomic mass is 19.3. The normalized spacial score (nSPS) is 11.4. The number of carbonyl (C=O) groups is 1. The fraction of sp³-hybridized carbons (Fsp3) is 0.368. The molecule has 3 aromatic heterocycles. The van der Waals surface area contributed by atoms with E-state index in [1.54, 1.807) is 36.1 Å². The summed E-state index contributed by atoms with van der Waals surface area (Å²) in [7, 11) is 0. The quantitative estimate of drug-likeness (QED) is 0.672. The van der Waals surface area contributed by atoms with E-state index in [1.807, 2.05) is 13.8 Å². The second-order valence-electron chi connectivity index (χ2n) is 6.69. The molecule has 28 heavy (non-hydrogen) atoms. The summed E-state index contributed by atoms with van der Waals surface area (Å²) < 4.78 is 31.3. The first-order chi connectivity index (χ1) is 13.3. The number of alkyl halides is 2. The third-order valence-corrected chi connectivity index (χ3v) is 3.92. The predicted octanol–water partition coefficient (Wildman–Crippen LogP) is 2.97. The first kappa shape index (κ1) is 19.7. The van der Waals surface area contributed by atoms with E-state index in [0.29, 0.717) is 40.1 Å². The van der Waals surface area contributed by atoms with Crippen LogP contribution in [0.3, 0.4) is 0 Å². The Labute approximate surface area is 160 Å². The summed E-state index contributed by atoms with van der Waals surface area (Å²) in [6, 6.07) is 3.49. The van der Waals surface area contributed by atoms with Crippen molar-refractivity contribution in [2.75, 3.05) is 6.61 Å². The molecule has 0 saturated carbocycles. The zero-order valence-corrected chi connectivity index (χ0v) is 15.8. The Morgan fingerprint density at radius 3 is 2.79 bits per heavy atom. The van der Waals surface area contributed by atoms with E-state index in [9.17, 15) is 13.6 Å². The number of nitrogens with zero attached hydrogens (tertiary/aromatic N) is 4. The van der Waals surface area contributed by atoms with Gasteiger partial charge < -0.3 is 10.1 Å². The topological polar surface area (TPSA) is 81.9 Å². The van der Waals surface area contributed by atoms with Gasteiger partial charge in [0.15, 0.2) is 0 Å². The van der Waals surface area contributed by atoms with E-state index < -0.39 is 13.0 Å². The lowest BCUT2D eigenvalue weighted by molar-refractivity contribution is 0.0813. The maximum absolute atomic E-state index is 12.3. The van der Waals surface area contributed by atoms with Crippen LogP contribution in [-0.4, -0.2) is 44.7 Å². The second-order valence-corrected chi connectivity index (χ2v) is 6.69. The number of rotatable bonds is 7. The summed E-state index contributed by atoms with van der Waals surface area (Å²) in [4.78, 5) is 20.8. The van der Waals surface area contributed by atoms with Crippen molar-refractivity contribution >= 4 is 16.8 Å². The van der Waals surface area contributed by atoms with Crippen molar-refractivity contribution in [2.24, 2.45) is 0 Å². The number of carbonyl (C=O) groups excluding carboxylic acids is 1. The standard InChI is InChI=1S/C19H21F2N5O2/c1-11(2)24-19(27)18-14-9-26(25-15(14)4-5-22-18)8-13-6-12(3)16(7-23-13)28-10-17(20)21/h4-7,9,11,17H,8,10H2,1-3H3,(H,24,27). The van der Waals surface area contributed by atoms with Crippen LogP contribution in [0.1, 0.15) is 35.6 Å². The van der Waals surface area contributed by atoms with Crippen LogP contribution >= 0.6 is 0 Å². The molecule has 3 aromatic rings. The lowest BCUT2D eigenvalue weighted by atomic mass is 10.2. The van der Waals surface area contributed by atoms with Gasteiger partial charge in [0.1, 0.15) is 18.1 Å². The molecular formula is C19H21F2N5O2. The molecule has 0 radical (unpaired) electrons. The third kappa shape index (κ3) is 4.59. The fourth-order valence-corrected chi connectivity index (χ4v) is 2.74. The molecule has 3 heterocycles. The number of hydrogen-bond donors (Lipinski definition) is 1. The number of pyridine rings is 2. The second kappa shape index (κ2) is 8.28. The molecule has 1 N–H and O–H groups in total. The molecule has 7 nitrogen and oxygen atoms in total. The van der Waals surface area contributed by atoms with Gasteiger partial charge in [-0.05, 0) is 38.5 Å². The molecule has 0 atom stereocenters. The molecular weight excluding hydrogens is 368 g/mol. The van der Waals surface area contributed by atoms with Crippen LogP contribution < -0.4 is 10.1 Å². The van der Waals surface area contributed by atoms with Gasteiger partial charge in [-0.2, -0.15) is 5.10 Å². The van der Waals surface area contributed by atoms with E-state index in [2.05, 4.69) is 20.4 Å². The Bertz CT molecular complexity index is 988. The molecule has 0 aliphatic carbocycles. The van der Waals surface area contributed by atoms with Gasteiger partial charge >= 0.3 is 0 Å². The minimum absolute atomic E-state index is 0.00224. The van der Waals surface area contributed by atoms with Crippen molar-refractivity contribution in [3.8, 4) is 5.75 Å². The molecule has 0 saturated heterocycles. The average Bonchev–Trinajstić information content (AvgIpc) is 3.02. The Balaban J connectivity index is 1.81. The van der Waals surface area contributed by atoms with Crippen molar-refractivity contribution in [1.82, 2.24) is 25.1 Å². The van der Waals surface area contributed by atoms with Crippen LogP contribution in [0.15, 0.2) is 30.7 Å². The number of aryl methyl sites for hydroxylation is 1. The minimum atomic E-state index is -2.54. The fourth-order valence-electron chi connectivity index (χ4n) is 2.74. The van der Waals surface area contributed by atoms with Gasteiger partial charge in [0, 0.05) is 18.4 Å². The SMILES string of the molecule is Cc1cc(Cn2cc3c(C(=O)NC(C)C)nccc3n2)ncc1OCC(F)F. The van der Waals surface area contributed by atoms with Gasteiger partial charge in [-0.3, -0.25) is 19.4 Å². The molecule has 0 bridgehead atoms. The smallest absolute Gasteiger partial charge is 0.272 e. The average molecular weight is 389 g/mol. The number of amides is 1. The predicted molar refractivity (Wildman–Crippen MR) is 99.7 cm³/mol. The van der Waals surface area contributed by atoms with Gasteiger partial charge in [-0.15, -0.1) is 0 Å². The number of ether oxygens (including phenoxy) is 1. The molecule has 0 spiro atoms. The van der Waals surface area contributed by atoms with Gasteiger partial charge in [0.25, 0.3) is 12.3 Å². The minimum Gasteiger partial charge on any atom is -0.486 e. The summed E-state index contributed by atoms with van der Waals surface area (Å²) in [6.45, 7) is 5.22. The molecule has 9 heteroatoms. The van der Waals surface area contributed by atoms with Gasteiger partial charge in [-0.1, -0.05) is 0 Å². The Morgan fingerprint density at radius 1 is 1.32 bits per heavy atom. The zero-order chi connectivity index (χ0) is 20.3.